The van der Waals surface area contributed by atoms with Crippen LogP contribution in [0.2, 0.25) is 0 Å². The highest BCUT2D eigenvalue weighted by molar-refractivity contribution is 6.03. The number of amidine groups is 1. The van der Waals surface area contributed by atoms with Gasteiger partial charge in [-0.15, -0.1) is 5.10 Å². The van der Waals surface area contributed by atoms with Gasteiger partial charge in [-0.1, -0.05) is 43.0 Å². The average Bonchev–Trinajstić information content (AvgIpc) is 2.74. The minimum atomic E-state index is 0.0790. The van der Waals surface area contributed by atoms with Crippen LogP contribution in [-0.2, 0) is 6.42 Å². The highest BCUT2D eigenvalue weighted by atomic mass is 16.5. The van der Waals surface area contributed by atoms with Crippen molar-refractivity contribution in [3.05, 3.63) is 95.5 Å². The first-order valence-corrected chi connectivity index (χ1v) is 9.25. The topological polar surface area (TPSA) is 111 Å². The van der Waals surface area contributed by atoms with Crippen molar-refractivity contribution in [3.8, 4) is 11.6 Å². The van der Waals surface area contributed by atoms with Gasteiger partial charge in [0, 0.05) is 24.3 Å². The Morgan fingerprint density at radius 1 is 1.10 bits per heavy atom. The van der Waals surface area contributed by atoms with Gasteiger partial charge in [-0.05, 0) is 42.3 Å². The van der Waals surface area contributed by atoms with E-state index in [2.05, 4.69) is 16.7 Å². The molecule has 0 fully saturated rings. The molecule has 30 heavy (non-hydrogen) atoms. The van der Waals surface area contributed by atoms with Gasteiger partial charge >= 0.3 is 0 Å². The molecular weight excluding hydrogens is 376 g/mol. The predicted octanol–water partition coefficient (Wildman–Crippen LogP) is 4.20. The summed E-state index contributed by atoms with van der Waals surface area (Å²) in [7, 11) is 0. The average molecular weight is 398 g/mol. The van der Waals surface area contributed by atoms with E-state index in [-0.39, 0.29) is 23.6 Å². The molecule has 1 heterocycles. The number of hydrogen-bond donors (Lipinski definition) is 3. The molecule has 3 N–H and O–H groups in total. The molecule has 0 aliphatic carbocycles. The van der Waals surface area contributed by atoms with Crippen LogP contribution in [-0.4, -0.2) is 27.7 Å². The monoisotopic (exact) mass is 398 g/mol. The number of nitrogens with zero attached hydrogens (tertiary/aromatic N) is 3. The zero-order valence-electron chi connectivity index (χ0n) is 16.6. The number of benzene rings is 2. The van der Waals surface area contributed by atoms with Crippen LogP contribution in [0.15, 0.2) is 83.9 Å². The molecule has 3 rings (SSSR count). The maximum atomic E-state index is 8.43. The van der Waals surface area contributed by atoms with Crippen molar-refractivity contribution in [2.24, 2.45) is 4.99 Å². The lowest BCUT2D eigenvalue weighted by atomic mass is 10.1. The Morgan fingerprint density at radius 2 is 1.87 bits per heavy atom. The molecule has 150 valence electrons. The zero-order valence-corrected chi connectivity index (χ0v) is 16.6. The smallest absolute Gasteiger partial charge is 0.237 e. The van der Waals surface area contributed by atoms with Gasteiger partial charge in [0.05, 0.1) is 0 Å². The number of rotatable bonds is 6. The van der Waals surface area contributed by atoms with Gasteiger partial charge in [-0.25, -0.2) is 4.99 Å². The van der Waals surface area contributed by atoms with E-state index in [0.29, 0.717) is 17.2 Å². The molecule has 0 aliphatic rings. The van der Waals surface area contributed by atoms with Crippen molar-refractivity contribution in [2.45, 2.75) is 13.3 Å². The molecule has 0 spiro atoms. The van der Waals surface area contributed by atoms with Crippen LogP contribution in [0.25, 0.3) is 0 Å². The second kappa shape index (κ2) is 9.38. The van der Waals surface area contributed by atoms with Gasteiger partial charge in [0.1, 0.15) is 17.1 Å². The number of para-hydroxylation sites is 1. The standard InChI is InChI=1S/C23H22N6O/c1-16(2)15-27-23(26)18-8-6-7-17(13-18)14-21(25)29-20(24)11-12-22(28-29)30-19-9-4-3-5-10-19/h3-13,15,24-26H,1,14H2,2H3. The Balaban J connectivity index is 1.78. The summed E-state index contributed by atoms with van der Waals surface area (Å²) in [6, 6.07) is 19.6. The van der Waals surface area contributed by atoms with Crippen molar-refractivity contribution in [1.29, 1.82) is 16.2 Å². The van der Waals surface area contributed by atoms with Crippen LogP contribution < -0.4 is 10.2 Å². The van der Waals surface area contributed by atoms with Gasteiger partial charge in [0.25, 0.3) is 0 Å². The highest BCUT2D eigenvalue weighted by Crippen LogP contribution is 2.17. The summed E-state index contributed by atoms with van der Waals surface area (Å²) in [6.07, 6.45) is 1.78. The van der Waals surface area contributed by atoms with Crippen molar-refractivity contribution in [3.63, 3.8) is 0 Å². The largest absolute Gasteiger partial charge is 0.438 e. The number of aliphatic imine (C=N–C) groups is 1. The summed E-state index contributed by atoms with van der Waals surface area (Å²) in [6.45, 7) is 5.55. The van der Waals surface area contributed by atoms with Crippen LogP contribution in [0.4, 0.5) is 0 Å². The Kier molecular flexibility index (Phi) is 6.44. The Hall–Kier alpha value is -4.13. The molecule has 0 saturated carbocycles. The number of aromatic nitrogens is 2. The molecule has 1 aromatic heterocycles. The summed E-state index contributed by atoms with van der Waals surface area (Å²) in [5, 5.41) is 28.9. The number of hydrogen-bond acceptors (Lipinski definition) is 5. The summed E-state index contributed by atoms with van der Waals surface area (Å²) < 4.78 is 6.94. The van der Waals surface area contributed by atoms with Crippen LogP contribution >= 0.6 is 0 Å². The molecule has 0 saturated heterocycles. The van der Waals surface area contributed by atoms with Crippen molar-refractivity contribution in [2.75, 3.05) is 0 Å². The fourth-order valence-electron chi connectivity index (χ4n) is 2.62. The van der Waals surface area contributed by atoms with Gasteiger partial charge in [0.15, 0.2) is 5.84 Å². The Morgan fingerprint density at radius 3 is 2.60 bits per heavy atom. The lowest BCUT2D eigenvalue weighted by Gasteiger charge is -2.11. The zero-order chi connectivity index (χ0) is 21.5. The van der Waals surface area contributed by atoms with E-state index >= 15 is 0 Å². The molecule has 0 bridgehead atoms. The third-order valence-electron chi connectivity index (χ3n) is 4.02. The molecule has 3 aromatic rings. The van der Waals surface area contributed by atoms with Gasteiger partial charge in [-0.2, -0.15) is 4.68 Å². The number of nitrogens with one attached hydrogen (secondary N) is 3. The van der Waals surface area contributed by atoms with Gasteiger partial charge < -0.3 is 4.74 Å². The first-order chi connectivity index (χ1) is 14.4. The predicted molar refractivity (Wildman–Crippen MR) is 118 cm³/mol. The third kappa shape index (κ3) is 5.45. The van der Waals surface area contributed by atoms with Crippen LogP contribution in [0.1, 0.15) is 18.1 Å². The quantitative estimate of drug-likeness (QED) is 0.427. The first-order valence-electron chi connectivity index (χ1n) is 9.25. The molecular formula is C23H22N6O. The molecule has 7 heteroatoms. The normalized spacial score (nSPS) is 10.7. The van der Waals surface area contributed by atoms with Gasteiger partial charge in [0.2, 0.25) is 5.88 Å². The Labute approximate surface area is 174 Å². The van der Waals surface area contributed by atoms with E-state index in [9.17, 15) is 0 Å². The maximum absolute atomic E-state index is 8.43. The number of allylic oxidation sites excluding steroid dienone is 1. The Bertz CT molecular complexity index is 1180. The molecule has 0 radical (unpaired) electrons. The van der Waals surface area contributed by atoms with Crippen molar-refractivity contribution < 1.29 is 4.74 Å². The van der Waals surface area contributed by atoms with E-state index in [1.807, 2.05) is 49.4 Å². The lowest BCUT2D eigenvalue weighted by molar-refractivity contribution is 0.447. The second-order valence-corrected chi connectivity index (χ2v) is 6.66. The SMILES string of the molecule is C=C(C)C=NC(=N)c1cccc(CC(=N)n2nc(Oc3ccccc3)ccc2=N)c1. The van der Waals surface area contributed by atoms with E-state index in [1.165, 1.54) is 10.7 Å². The summed E-state index contributed by atoms with van der Waals surface area (Å²) in [5.41, 5.74) is 2.30. The summed E-state index contributed by atoms with van der Waals surface area (Å²) in [5.74, 6) is 1.16. The number of ether oxygens (including phenoxy) is 1. The molecule has 0 amide bonds. The molecule has 0 unspecified atom stereocenters. The molecule has 2 aromatic carbocycles. The molecule has 0 atom stereocenters. The van der Waals surface area contributed by atoms with E-state index in [0.717, 1.165) is 11.1 Å². The van der Waals surface area contributed by atoms with Crippen molar-refractivity contribution >= 4 is 17.9 Å². The molecule has 7 nitrogen and oxygen atoms in total. The fraction of sp³-hybridized carbons (Fsp3) is 0.0870. The maximum Gasteiger partial charge on any atom is 0.237 e. The van der Waals surface area contributed by atoms with Crippen molar-refractivity contribution in [1.82, 2.24) is 9.78 Å². The van der Waals surface area contributed by atoms with Crippen LogP contribution in [0.3, 0.4) is 0 Å². The summed E-state index contributed by atoms with van der Waals surface area (Å²) >= 11 is 0. The highest BCUT2D eigenvalue weighted by Gasteiger charge is 2.09. The third-order valence-corrected chi connectivity index (χ3v) is 4.02. The lowest BCUT2D eigenvalue weighted by Crippen LogP contribution is -2.30. The molecule has 0 aliphatic heterocycles. The van der Waals surface area contributed by atoms with Crippen LogP contribution in [0, 0.1) is 16.2 Å². The van der Waals surface area contributed by atoms with E-state index in [1.54, 1.807) is 24.4 Å². The van der Waals surface area contributed by atoms with Crippen LogP contribution in [0.5, 0.6) is 11.6 Å². The minimum Gasteiger partial charge on any atom is -0.438 e. The fourth-order valence-corrected chi connectivity index (χ4v) is 2.62. The summed E-state index contributed by atoms with van der Waals surface area (Å²) in [4.78, 5) is 4.08. The van der Waals surface area contributed by atoms with E-state index in [4.69, 9.17) is 21.0 Å². The first kappa shape index (κ1) is 20.6. The van der Waals surface area contributed by atoms with Gasteiger partial charge in [-0.3, -0.25) is 16.2 Å². The minimum absolute atomic E-state index is 0.0790. The second-order valence-electron chi connectivity index (χ2n) is 6.66. The van der Waals surface area contributed by atoms with E-state index < -0.39 is 0 Å².